The number of nitrogens with one attached hydrogen (secondary N) is 2. The molecule has 2 amide bonds. The second-order valence-electron chi connectivity index (χ2n) is 10.2. The maximum absolute atomic E-state index is 12.6. The van der Waals surface area contributed by atoms with Gasteiger partial charge in [-0.15, -0.1) is 0 Å². The van der Waals surface area contributed by atoms with Crippen molar-refractivity contribution in [3.05, 3.63) is 127 Å². The van der Waals surface area contributed by atoms with Crippen molar-refractivity contribution in [2.24, 2.45) is 0 Å². The number of hydrogen-bond acceptors (Lipinski definition) is 5. The highest BCUT2D eigenvalue weighted by Crippen LogP contribution is 2.29. The lowest BCUT2D eigenvalue weighted by Crippen LogP contribution is -2.36. The van der Waals surface area contributed by atoms with Gasteiger partial charge in [-0.1, -0.05) is 94.9 Å². The van der Waals surface area contributed by atoms with E-state index in [0.717, 1.165) is 22.3 Å². The van der Waals surface area contributed by atoms with Gasteiger partial charge in [-0.2, -0.15) is 0 Å². The largest absolute Gasteiger partial charge is 0.479 e. The van der Waals surface area contributed by atoms with Crippen LogP contribution in [0, 0.1) is 0 Å². The first kappa shape index (κ1) is 34.4. The summed E-state index contributed by atoms with van der Waals surface area (Å²) in [6.07, 6.45) is -1.49. The SMILES string of the molecule is CC(Oc1ccc(Cl)cc1Cl)C(=O)NCc1cccc(COCc2cccc(CNC(=O)C(C)Oc3ccc(Cl)cc3Cl)c2)c1. The molecule has 11 heteroatoms. The molecule has 0 saturated carbocycles. The van der Waals surface area contributed by atoms with Crippen molar-refractivity contribution in [3.63, 3.8) is 0 Å². The molecule has 0 heterocycles. The molecule has 45 heavy (non-hydrogen) atoms. The van der Waals surface area contributed by atoms with Crippen LogP contribution in [0.3, 0.4) is 0 Å². The van der Waals surface area contributed by atoms with E-state index in [4.69, 9.17) is 60.6 Å². The Kier molecular flexibility index (Phi) is 12.8. The summed E-state index contributed by atoms with van der Waals surface area (Å²) < 4.78 is 17.3. The van der Waals surface area contributed by atoms with Gasteiger partial charge >= 0.3 is 0 Å². The van der Waals surface area contributed by atoms with Crippen LogP contribution in [0.15, 0.2) is 84.9 Å². The fourth-order valence-electron chi connectivity index (χ4n) is 4.24. The van der Waals surface area contributed by atoms with Crippen molar-refractivity contribution >= 4 is 58.2 Å². The van der Waals surface area contributed by atoms with Crippen LogP contribution in [-0.2, 0) is 40.6 Å². The Morgan fingerprint density at radius 1 is 0.600 bits per heavy atom. The molecular formula is C34H32Cl4N2O5. The Bertz CT molecular complexity index is 1520. The van der Waals surface area contributed by atoms with E-state index in [1.54, 1.807) is 50.2 Å². The summed E-state index contributed by atoms with van der Waals surface area (Å²) in [6, 6.07) is 25.3. The molecule has 236 valence electrons. The van der Waals surface area contributed by atoms with E-state index in [1.807, 2.05) is 48.5 Å². The number of rotatable bonds is 14. The Hall–Kier alpha value is -3.46. The smallest absolute Gasteiger partial charge is 0.261 e. The maximum atomic E-state index is 12.6. The fourth-order valence-corrected chi connectivity index (χ4v) is 5.15. The molecule has 0 fully saturated rings. The zero-order valence-electron chi connectivity index (χ0n) is 24.6. The van der Waals surface area contributed by atoms with E-state index in [2.05, 4.69) is 10.6 Å². The van der Waals surface area contributed by atoms with Crippen molar-refractivity contribution < 1.29 is 23.8 Å². The van der Waals surface area contributed by atoms with E-state index >= 15 is 0 Å². The van der Waals surface area contributed by atoms with Crippen LogP contribution in [-0.4, -0.2) is 24.0 Å². The number of carbonyl (C=O) groups is 2. The number of ether oxygens (including phenoxy) is 3. The van der Waals surface area contributed by atoms with Gasteiger partial charge in [0.1, 0.15) is 11.5 Å². The maximum Gasteiger partial charge on any atom is 0.261 e. The summed E-state index contributed by atoms with van der Waals surface area (Å²) in [5.74, 6) is 0.232. The van der Waals surface area contributed by atoms with E-state index in [1.165, 1.54) is 0 Å². The van der Waals surface area contributed by atoms with E-state index in [9.17, 15) is 9.59 Å². The molecule has 4 aromatic rings. The lowest BCUT2D eigenvalue weighted by atomic mass is 10.1. The van der Waals surface area contributed by atoms with E-state index < -0.39 is 12.2 Å². The summed E-state index contributed by atoms with van der Waals surface area (Å²) in [4.78, 5) is 25.2. The summed E-state index contributed by atoms with van der Waals surface area (Å²) in [6.45, 7) is 4.75. The minimum atomic E-state index is -0.746. The van der Waals surface area contributed by atoms with Gasteiger partial charge in [-0.3, -0.25) is 9.59 Å². The molecule has 0 radical (unpaired) electrons. The lowest BCUT2D eigenvalue weighted by Gasteiger charge is -2.16. The third kappa shape index (κ3) is 10.8. The zero-order valence-corrected chi connectivity index (χ0v) is 27.6. The quantitative estimate of drug-likeness (QED) is 0.140. The number of carbonyl (C=O) groups excluding carboxylic acids is 2. The highest BCUT2D eigenvalue weighted by Gasteiger charge is 2.17. The normalized spacial score (nSPS) is 12.2. The van der Waals surface area contributed by atoms with Gasteiger partial charge in [0.15, 0.2) is 12.2 Å². The molecule has 0 bridgehead atoms. The Balaban J connectivity index is 1.20. The number of amides is 2. The average Bonchev–Trinajstić information content (AvgIpc) is 3.01. The monoisotopic (exact) mass is 688 g/mol. The van der Waals surface area contributed by atoms with Gasteiger partial charge in [-0.05, 0) is 72.5 Å². The van der Waals surface area contributed by atoms with Crippen LogP contribution in [0.4, 0.5) is 0 Å². The molecule has 0 saturated heterocycles. The van der Waals surface area contributed by atoms with Crippen molar-refractivity contribution in [1.82, 2.24) is 10.6 Å². The number of benzene rings is 4. The molecule has 2 atom stereocenters. The molecule has 2 N–H and O–H groups in total. The van der Waals surface area contributed by atoms with E-state index in [0.29, 0.717) is 57.9 Å². The second-order valence-corrected chi connectivity index (χ2v) is 11.9. The molecule has 0 aliphatic rings. The van der Waals surface area contributed by atoms with Crippen LogP contribution in [0.2, 0.25) is 20.1 Å². The highest BCUT2D eigenvalue weighted by atomic mass is 35.5. The average molecular weight is 690 g/mol. The summed E-state index contributed by atoms with van der Waals surface area (Å²) >= 11 is 24.1. The summed E-state index contributed by atoms with van der Waals surface area (Å²) in [7, 11) is 0. The predicted octanol–water partition coefficient (Wildman–Crippen LogP) is 8.18. The van der Waals surface area contributed by atoms with Crippen LogP contribution in [0.5, 0.6) is 11.5 Å². The summed E-state index contributed by atoms with van der Waals surface area (Å²) in [5.41, 5.74) is 3.79. The van der Waals surface area contributed by atoms with Crippen LogP contribution in [0.25, 0.3) is 0 Å². The molecule has 4 aromatic carbocycles. The molecule has 4 rings (SSSR count). The van der Waals surface area contributed by atoms with Gasteiger partial charge in [-0.25, -0.2) is 0 Å². The van der Waals surface area contributed by atoms with Gasteiger partial charge in [0.2, 0.25) is 0 Å². The molecule has 2 unspecified atom stereocenters. The third-order valence-corrected chi connectivity index (χ3v) is 7.65. The molecule has 0 aromatic heterocycles. The fraction of sp³-hybridized carbons (Fsp3) is 0.235. The number of hydrogen-bond donors (Lipinski definition) is 2. The molecule has 0 aliphatic heterocycles. The first-order valence-electron chi connectivity index (χ1n) is 14.1. The predicted molar refractivity (Wildman–Crippen MR) is 178 cm³/mol. The van der Waals surface area contributed by atoms with Gasteiger partial charge in [0.25, 0.3) is 11.8 Å². The first-order chi connectivity index (χ1) is 21.6. The Morgan fingerprint density at radius 3 is 1.40 bits per heavy atom. The van der Waals surface area contributed by atoms with Crippen molar-refractivity contribution in [2.45, 2.75) is 52.4 Å². The zero-order chi connectivity index (χ0) is 32.3. The molecular weight excluding hydrogens is 658 g/mol. The Morgan fingerprint density at radius 2 is 1.00 bits per heavy atom. The minimum Gasteiger partial charge on any atom is -0.479 e. The minimum absolute atomic E-state index is 0.272. The number of halogens is 4. The van der Waals surface area contributed by atoms with Crippen molar-refractivity contribution in [1.29, 1.82) is 0 Å². The third-order valence-electron chi connectivity index (χ3n) is 6.59. The topological polar surface area (TPSA) is 85.9 Å². The Labute approximate surface area is 282 Å². The van der Waals surface area contributed by atoms with Crippen molar-refractivity contribution in [2.75, 3.05) is 0 Å². The second kappa shape index (κ2) is 16.7. The molecule has 7 nitrogen and oxygen atoms in total. The molecule has 0 aliphatic carbocycles. The van der Waals surface area contributed by atoms with Crippen LogP contribution in [0.1, 0.15) is 36.1 Å². The first-order valence-corrected chi connectivity index (χ1v) is 15.6. The summed E-state index contributed by atoms with van der Waals surface area (Å²) in [5, 5.41) is 7.42. The van der Waals surface area contributed by atoms with Crippen molar-refractivity contribution in [3.8, 4) is 11.5 Å². The van der Waals surface area contributed by atoms with Gasteiger partial charge in [0, 0.05) is 23.1 Å². The van der Waals surface area contributed by atoms with E-state index in [-0.39, 0.29) is 11.8 Å². The highest BCUT2D eigenvalue weighted by molar-refractivity contribution is 6.36. The van der Waals surface area contributed by atoms with Crippen LogP contribution < -0.4 is 20.1 Å². The van der Waals surface area contributed by atoms with Gasteiger partial charge in [0.05, 0.1) is 23.3 Å². The standard InChI is InChI=1S/C34H32Cl4N2O5/c1-21(44-31-11-9-27(35)15-29(31)37)33(41)39-17-23-5-3-7-25(13-23)19-43-20-26-8-4-6-24(14-26)18-40-34(42)22(2)45-32-12-10-28(36)16-30(32)38/h3-16,21-22H,17-20H2,1-2H3,(H,39,41)(H,40,42). The lowest BCUT2D eigenvalue weighted by molar-refractivity contribution is -0.128. The van der Waals surface area contributed by atoms with Crippen LogP contribution >= 0.6 is 46.4 Å². The molecule has 0 spiro atoms. The van der Waals surface area contributed by atoms with Gasteiger partial charge < -0.3 is 24.8 Å².